The maximum absolute atomic E-state index is 13.9. The first-order valence-corrected chi connectivity index (χ1v) is 12.0. The van der Waals surface area contributed by atoms with Crippen molar-refractivity contribution in [3.63, 3.8) is 0 Å². The summed E-state index contributed by atoms with van der Waals surface area (Å²) in [7, 11) is 0. The number of aromatic nitrogens is 2. The lowest BCUT2D eigenvalue weighted by molar-refractivity contribution is -0.185. The zero-order valence-corrected chi connectivity index (χ0v) is 20.2. The Morgan fingerprint density at radius 1 is 1.14 bits per heavy atom. The van der Waals surface area contributed by atoms with E-state index in [4.69, 9.17) is 20.8 Å². The van der Waals surface area contributed by atoms with Crippen LogP contribution in [-0.2, 0) is 14.3 Å². The molecule has 1 aliphatic heterocycles. The van der Waals surface area contributed by atoms with Crippen molar-refractivity contribution >= 4 is 23.5 Å². The molecule has 2 aliphatic rings. The van der Waals surface area contributed by atoms with Gasteiger partial charge in [-0.05, 0) is 48.9 Å². The van der Waals surface area contributed by atoms with Gasteiger partial charge in [0, 0.05) is 11.9 Å². The van der Waals surface area contributed by atoms with Crippen molar-refractivity contribution in [2.24, 2.45) is 5.92 Å². The van der Waals surface area contributed by atoms with Crippen molar-refractivity contribution in [2.75, 3.05) is 0 Å². The molecule has 4 atom stereocenters. The topological polar surface area (TPSA) is 106 Å². The largest absolute Gasteiger partial charge is 0.481 e. The summed E-state index contributed by atoms with van der Waals surface area (Å²) < 4.78 is 12.1. The van der Waals surface area contributed by atoms with E-state index < -0.39 is 42.6 Å². The first-order chi connectivity index (χ1) is 16.8. The van der Waals surface area contributed by atoms with Crippen molar-refractivity contribution in [1.82, 2.24) is 15.1 Å². The van der Waals surface area contributed by atoms with Crippen LogP contribution in [0.25, 0.3) is 0 Å². The summed E-state index contributed by atoms with van der Waals surface area (Å²) in [5, 5.41) is 18.4. The number of rotatable bonds is 7. The number of hydrogen-bond donors (Lipinski definition) is 1. The van der Waals surface area contributed by atoms with Crippen LogP contribution in [0.4, 0.5) is 0 Å². The lowest BCUT2D eigenvalue weighted by Crippen LogP contribution is -2.53. The summed E-state index contributed by atoms with van der Waals surface area (Å²) in [5.41, 5.74) is 2.70. The zero-order valence-electron chi connectivity index (χ0n) is 19.4. The molecule has 1 amide bonds. The average molecular weight is 496 g/mol. The van der Waals surface area contributed by atoms with E-state index in [1.165, 1.54) is 0 Å². The van der Waals surface area contributed by atoms with Gasteiger partial charge in [0.1, 0.15) is 18.2 Å². The molecule has 0 spiro atoms. The van der Waals surface area contributed by atoms with Crippen LogP contribution in [0.3, 0.4) is 0 Å². The summed E-state index contributed by atoms with van der Waals surface area (Å²) in [6.07, 6.45) is -0.453. The van der Waals surface area contributed by atoms with Crippen LogP contribution in [0.15, 0.2) is 52.9 Å². The average Bonchev–Trinajstić information content (AvgIpc) is 3.56. The van der Waals surface area contributed by atoms with Crippen molar-refractivity contribution in [2.45, 2.75) is 57.4 Å². The zero-order chi connectivity index (χ0) is 24.7. The molecule has 182 valence electrons. The van der Waals surface area contributed by atoms with Crippen molar-refractivity contribution < 1.29 is 23.8 Å². The number of morpholine rings is 1. The molecule has 2 heterocycles. The Labute approximate surface area is 207 Å². The van der Waals surface area contributed by atoms with Gasteiger partial charge >= 0.3 is 5.97 Å². The highest BCUT2D eigenvalue weighted by Crippen LogP contribution is 2.52. The minimum absolute atomic E-state index is 0.135. The lowest BCUT2D eigenvalue weighted by atomic mass is 9.88. The number of ether oxygens (including phenoxy) is 1. The van der Waals surface area contributed by atoms with Gasteiger partial charge < -0.3 is 19.2 Å². The number of carboxylic acids is 1. The van der Waals surface area contributed by atoms with Crippen LogP contribution in [0.2, 0.25) is 5.02 Å². The third-order valence-electron chi connectivity index (χ3n) is 6.55. The van der Waals surface area contributed by atoms with Gasteiger partial charge in [-0.25, -0.2) is 0 Å². The third-order valence-corrected chi connectivity index (χ3v) is 6.78. The van der Waals surface area contributed by atoms with Crippen LogP contribution < -0.4 is 0 Å². The molecular formula is C26H26ClN3O5. The Kier molecular flexibility index (Phi) is 6.34. The molecule has 1 saturated carbocycles. The molecule has 3 aromatic rings. The van der Waals surface area contributed by atoms with Gasteiger partial charge in [0.15, 0.2) is 0 Å². The number of amides is 1. The van der Waals surface area contributed by atoms with Gasteiger partial charge in [-0.3, -0.25) is 9.59 Å². The van der Waals surface area contributed by atoms with Crippen molar-refractivity contribution in [3.05, 3.63) is 82.0 Å². The molecule has 2 fully saturated rings. The summed E-state index contributed by atoms with van der Waals surface area (Å²) in [4.78, 5) is 27.3. The van der Waals surface area contributed by atoms with Crippen molar-refractivity contribution in [3.8, 4) is 0 Å². The van der Waals surface area contributed by atoms with Crippen molar-refractivity contribution in [1.29, 1.82) is 0 Å². The van der Waals surface area contributed by atoms with E-state index in [-0.39, 0.29) is 5.92 Å². The van der Waals surface area contributed by atoms with Crippen LogP contribution in [0.5, 0.6) is 0 Å². The summed E-state index contributed by atoms with van der Waals surface area (Å²) in [6, 6.07) is 14.1. The highest BCUT2D eigenvalue weighted by molar-refractivity contribution is 6.30. The van der Waals surface area contributed by atoms with E-state index in [9.17, 15) is 14.7 Å². The second-order valence-corrected chi connectivity index (χ2v) is 9.68. The van der Waals surface area contributed by atoms with Gasteiger partial charge in [-0.15, -0.1) is 10.2 Å². The van der Waals surface area contributed by atoms with Gasteiger partial charge in [0.05, 0.1) is 12.5 Å². The molecule has 0 radical (unpaired) electrons. The van der Waals surface area contributed by atoms with E-state index >= 15 is 0 Å². The maximum Gasteiger partial charge on any atom is 0.306 e. The van der Waals surface area contributed by atoms with Crippen LogP contribution in [0, 0.1) is 19.8 Å². The van der Waals surface area contributed by atoms with Crippen LogP contribution >= 0.6 is 11.6 Å². The molecule has 0 bridgehead atoms. The first kappa shape index (κ1) is 23.5. The second kappa shape index (κ2) is 9.43. The number of carboxylic acid groups (broad SMARTS) is 1. The van der Waals surface area contributed by atoms with E-state index in [2.05, 4.69) is 10.2 Å². The maximum atomic E-state index is 13.9. The Hall–Kier alpha value is -3.23. The predicted molar refractivity (Wildman–Crippen MR) is 127 cm³/mol. The summed E-state index contributed by atoms with van der Waals surface area (Å²) in [6.45, 7) is 3.71. The molecule has 2 aromatic carbocycles. The smallest absolute Gasteiger partial charge is 0.306 e. The SMILES string of the molecule is Cc1ccc([C@@H]2[C@H](c3cccc(Cl)c3)O[C@@H](CC(=O)O)C(=O)N2[C@H](c2nnc(C)o2)C2CC2)cc1. The molecule has 1 N–H and O–H groups in total. The van der Waals surface area contributed by atoms with Gasteiger partial charge in [-0.1, -0.05) is 53.6 Å². The van der Waals surface area contributed by atoms with Gasteiger partial charge in [0.2, 0.25) is 11.8 Å². The van der Waals surface area contributed by atoms with E-state index in [0.29, 0.717) is 16.8 Å². The van der Waals surface area contributed by atoms with E-state index in [1.54, 1.807) is 24.0 Å². The number of halogens is 1. The third kappa shape index (κ3) is 4.81. The molecular weight excluding hydrogens is 470 g/mol. The second-order valence-electron chi connectivity index (χ2n) is 9.24. The number of aryl methyl sites for hydroxylation is 2. The standard InChI is InChI=1S/C26H26ClN3O5/c1-14-6-8-16(9-7-14)22-24(18-4-3-5-19(27)12-18)35-20(13-21(31)32)26(33)30(22)23(17-10-11-17)25-29-28-15(2)34-25/h3-9,12,17,20,22-24H,10-11,13H2,1-2H3,(H,31,32)/t20-,22+,23-,24-/m0/s1. The molecule has 1 aromatic heterocycles. The summed E-state index contributed by atoms with van der Waals surface area (Å²) in [5.74, 6) is -0.610. The highest BCUT2D eigenvalue weighted by Gasteiger charge is 2.52. The van der Waals surface area contributed by atoms with E-state index in [0.717, 1.165) is 29.5 Å². The summed E-state index contributed by atoms with van der Waals surface area (Å²) >= 11 is 6.32. The van der Waals surface area contributed by atoms with E-state index in [1.807, 2.05) is 43.3 Å². The minimum Gasteiger partial charge on any atom is -0.481 e. The quantitative estimate of drug-likeness (QED) is 0.493. The molecule has 0 unspecified atom stereocenters. The van der Waals surface area contributed by atoms with Gasteiger partial charge in [0.25, 0.3) is 5.91 Å². The van der Waals surface area contributed by atoms with Crippen LogP contribution in [-0.4, -0.2) is 38.2 Å². The monoisotopic (exact) mass is 495 g/mol. The number of carbonyl (C=O) groups excluding carboxylic acids is 1. The van der Waals surface area contributed by atoms with Gasteiger partial charge in [-0.2, -0.15) is 0 Å². The Morgan fingerprint density at radius 3 is 2.49 bits per heavy atom. The number of hydrogen-bond acceptors (Lipinski definition) is 6. The predicted octanol–water partition coefficient (Wildman–Crippen LogP) is 4.98. The minimum atomic E-state index is -1.16. The Bertz CT molecular complexity index is 1240. The lowest BCUT2D eigenvalue weighted by Gasteiger charge is -2.47. The highest BCUT2D eigenvalue weighted by atomic mass is 35.5. The molecule has 9 heteroatoms. The first-order valence-electron chi connectivity index (χ1n) is 11.6. The number of aliphatic carboxylic acids is 1. The Morgan fingerprint density at radius 2 is 1.89 bits per heavy atom. The van der Waals surface area contributed by atoms with Crippen LogP contribution in [0.1, 0.15) is 65.9 Å². The molecule has 8 nitrogen and oxygen atoms in total. The molecule has 35 heavy (non-hydrogen) atoms. The fraction of sp³-hybridized carbons (Fsp3) is 0.385. The number of carbonyl (C=O) groups is 2. The molecule has 1 saturated heterocycles. The fourth-order valence-electron chi connectivity index (χ4n) is 4.80. The fourth-order valence-corrected chi connectivity index (χ4v) is 5.00. The normalized spacial score (nSPS) is 23.3. The molecule has 1 aliphatic carbocycles. The Balaban J connectivity index is 1.69. The molecule has 5 rings (SSSR count). The number of benzene rings is 2. The number of nitrogens with zero attached hydrogens (tertiary/aromatic N) is 3.